The fraction of sp³-hybridized carbons (Fsp3) is 0.0800. The van der Waals surface area contributed by atoms with E-state index in [9.17, 15) is 9.59 Å². The largest absolute Gasteiger partial charge is 0.493 e. The van der Waals surface area contributed by atoms with Crippen molar-refractivity contribution in [3.63, 3.8) is 0 Å². The number of rotatable bonds is 7. The van der Waals surface area contributed by atoms with Crippen LogP contribution in [0.3, 0.4) is 0 Å². The van der Waals surface area contributed by atoms with Crippen molar-refractivity contribution in [2.75, 3.05) is 13.7 Å². The van der Waals surface area contributed by atoms with Gasteiger partial charge in [0.05, 0.1) is 21.3 Å². The maximum absolute atomic E-state index is 12.4. The molecule has 6 nitrogen and oxygen atoms in total. The van der Waals surface area contributed by atoms with Crippen molar-refractivity contribution in [3.8, 4) is 11.5 Å². The normalized spacial score (nSPS) is 14.1. The molecule has 0 bridgehead atoms. The van der Waals surface area contributed by atoms with E-state index in [1.165, 1.54) is 7.11 Å². The van der Waals surface area contributed by atoms with Gasteiger partial charge in [-0.3, -0.25) is 4.79 Å². The van der Waals surface area contributed by atoms with E-state index in [-0.39, 0.29) is 24.0 Å². The van der Waals surface area contributed by atoms with Crippen LogP contribution in [-0.4, -0.2) is 31.4 Å². The Bertz CT molecular complexity index is 1340. The summed E-state index contributed by atoms with van der Waals surface area (Å²) in [6.07, 6.45) is 1.60. The van der Waals surface area contributed by atoms with Crippen LogP contribution in [0.5, 0.6) is 11.5 Å². The molecule has 1 aliphatic rings. The number of hydrogen-bond acceptors (Lipinski definition) is 6. The molecule has 0 aromatic heterocycles. The minimum atomic E-state index is -0.576. The van der Waals surface area contributed by atoms with Gasteiger partial charge in [0.25, 0.3) is 0 Å². The van der Waals surface area contributed by atoms with Gasteiger partial charge in [-0.05, 0) is 87.2 Å². The van der Waals surface area contributed by atoms with Crippen molar-refractivity contribution < 1.29 is 23.8 Å². The molecule has 0 amide bonds. The number of halogens is 3. The predicted octanol–water partition coefficient (Wildman–Crippen LogP) is 6.16. The molecular formula is C25H16ClI2NO5. The van der Waals surface area contributed by atoms with E-state index in [1.54, 1.807) is 54.6 Å². The first-order valence-corrected chi connectivity index (χ1v) is 12.5. The van der Waals surface area contributed by atoms with Gasteiger partial charge in [-0.25, -0.2) is 9.79 Å². The second-order valence-corrected chi connectivity index (χ2v) is 9.89. The highest BCUT2D eigenvalue weighted by Crippen LogP contribution is 2.35. The molecule has 0 unspecified atom stereocenters. The van der Waals surface area contributed by atoms with Gasteiger partial charge in [-0.2, -0.15) is 0 Å². The number of esters is 1. The number of ether oxygens (including phenoxy) is 3. The Labute approximate surface area is 228 Å². The molecule has 1 heterocycles. The van der Waals surface area contributed by atoms with E-state index in [0.717, 1.165) is 3.57 Å². The lowest BCUT2D eigenvalue weighted by Gasteiger charge is -2.13. The molecule has 0 fully saturated rings. The lowest BCUT2D eigenvalue weighted by atomic mass is 10.1. The Morgan fingerprint density at radius 1 is 1.12 bits per heavy atom. The summed E-state index contributed by atoms with van der Waals surface area (Å²) in [6, 6.07) is 17.8. The molecule has 0 saturated carbocycles. The summed E-state index contributed by atoms with van der Waals surface area (Å²) in [7, 11) is 1.51. The van der Waals surface area contributed by atoms with Gasteiger partial charge in [0, 0.05) is 9.13 Å². The molecule has 0 spiro atoms. The standard InChI is InChI=1S/C25H16ClI2NO5/c1-32-22-11-14(9-19(28)23(22)33-13-21(30)15-5-3-2-4-6-15)10-20-25(31)34-24(29-20)17-12-16(27)7-8-18(17)26/h2-12H,13H2,1H3/b20-10-. The van der Waals surface area contributed by atoms with Crippen LogP contribution in [0.25, 0.3) is 6.08 Å². The fourth-order valence-electron chi connectivity index (χ4n) is 3.15. The van der Waals surface area contributed by atoms with E-state index in [1.807, 2.05) is 12.1 Å². The minimum absolute atomic E-state index is 0.132. The second kappa shape index (κ2) is 10.9. The first kappa shape index (κ1) is 24.7. The second-order valence-electron chi connectivity index (χ2n) is 7.07. The number of cyclic esters (lactones) is 1. The maximum atomic E-state index is 12.4. The molecule has 0 atom stereocenters. The van der Waals surface area contributed by atoms with Crippen LogP contribution in [0.2, 0.25) is 5.02 Å². The topological polar surface area (TPSA) is 74.2 Å². The molecule has 3 aromatic rings. The number of methoxy groups -OCH3 is 1. The fourth-order valence-corrected chi connectivity index (χ4v) is 4.62. The Morgan fingerprint density at radius 3 is 2.62 bits per heavy atom. The molecule has 9 heteroatoms. The lowest BCUT2D eigenvalue weighted by molar-refractivity contribution is -0.129. The third kappa shape index (κ3) is 5.61. The highest BCUT2D eigenvalue weighted by atomic mass is 127. The molecule has 3 aromatic carbocycles. The Kier molecular flexibility index (Phi) is 7.89. The van der Waals surface area contributed by atoms with Crippen LogP contribution in [0.1, 0.15) is 21.5 Å². The van der Waals surface area contributed by atoms with Gasteiger partial charge in [-0.1, -0.05) is 41.9 Å². The molecule has 1 aliphatic heterocycles. The summed E-state index contributed by atoms with van der Waals surface area (Å²) in [5.74, 6) is 0.303. The van der Waals surface area contributed by atoms with Crippen LogP contribution in [0, 0.1) is 7.14 Å². The maximum Gasteiger partial charge on any atom is 0.363 e. The number of Topliss-reactive ketones (excluding diaryl/α,β-unsaturated/α-hetero) is 1. The zero-order valence-electron chi connectivity index (χ0n) is 17.7. The number of carbonyl (C=O) groups excluding carboxylic acids is 2. The summed E-state index contributed by atoms with van der Waals surface area (Å²) in [4.78, 5) is 29.2. The molecule has 0 saturated heterocycles. The van der Waals surface area contributed by atoms with Gasteiger partial charge in [-0.15, -0.1) is 0 Å². The Balaban J connectivity index is 1.58. The smallest absolute Gasteiger partial charge is 0.363 e. The van der Waals surface area contributed by atoms with Gasteiger partial charge < -0.3 is 14.2 Å². The summed E-state index contributed by atoms with van der Waals surface area (Å²) in [5.41, 5.74) is 1.91. The van der Waals surface area contributed by atoms with E-state index >= 15 is 0 Å². The number of carbonyl (C=O) groups is 2. The minimum Gasteiger partial charge on any atom is -0.493 e. The van der Waals surface area contributed by atoms with Crippen molar-refractivity contribution in [2.45, 2.75) is 0 Å². The van der Waals surface area contributed by atoms with E-state index < -0.39 is 5.97 Å². The number of aliphatic imine (C=N–C) groups is 1. The van der Waals surface area contributed by atoms with E-state index in [2.05, 4.69) is 50.2 Å². The molecule has 0 aliphatic carbocycles. The van der Waals surface area contributed by atoms with Crippen molar-refractivity contribution in [1.29, 1.82) is 0 Å². The number of hydrogen-bond donors (Lipinski definition) is 0. The lowest BCUT2D eigenvalue weighted by Crippen LogP contribution is -2.12. The highest BCUT2D eigenvalue weighted by molar-refractivity contribution is 14.1. The van der Waals surface area contributed by atoms with Gasteiger partial charge in [0.2, 0.25) is 5.90 Å². The van der Waals surface area contributed by atoms with E-state index in [0.29, 0.717) is 36.8 Å². The summed E-state index contributed by atoms with van der Waals surface area (Å²) < 4.78 is 18.3. The predicted molar refractivity (Wildman–Crippen MR) is 147 cm³/mol. The number of ketones is 1. The van der Waals surface area contributed by atoms with Crippen molar-refractivity contribution >= 4 is 80.5 Å². The monoisotopic (exact) mass is 699 g/mol. The molecule has 0 N–H and O–H groups in total. The number of nitrogens with zero attached hydrogens (tertiary/aromatic N) is 1. The van der Waals surface area contributed by atoms with Crippen LogP contribution < -0.4 is 9.47 Å². The zero-order valence-corrected chi connectivity index (χ0v) is 22.8. The van der Waals surface area contributed by atoms with Crippen LogP contribution in [0.15, 0.2) is 71.4 Å². The Hall–Kier alpha value is -2.44. The van der Waals surface area contributed by atoms with Crippen LogP contribution >= 0.6 is 56.8 Å². The number of benzene rings is 3. The van der Waals surface area contributed by atoms with Gasteiger partial charge >= 0.3 is 5.97 Å². The molecule has 0 radical (unpaired) electrons. The van der Waals surface area contributed by atoms with Crippen LogP contribution in [-0.2, 0) is 9.53 Å². The molecule has 4 rings (SSSR count). The van der Waals surface area contributed by atoms with Gasteiger partial charge in [0.15, 0.2) is 29.6 Å². The third-order valence-corrected chi connectivity index (χ3v) is 6.58. The van der Waals surface area contributed by atoms with Gasteiger partial charge in [0.1, 0.15) is 0 Å². The SMILES string of the molecule is COc1cc(/C=C2\N=C(c3cc(I)ccc3Cl)OC2=O)cc(I)c1OCC(=O)c1ccccc1. The molecule has 34 heavy (non-hydrogen) atoms. The molecular weight excluding hydrogens is 684 g/mol. The highest BCUT2D eigenvalue weighted by Gasteiger charge is 2.26. The first-order valence-electron chi connectivity index (χ1n) is 9.92. The summed E-state index contributed by atoms with van der Waals surface area (Å²) in [5, 5.41) is 0.441. The van der Waals surface area contributed by atoms with Crippen molar-refractivity contribution in [1.82, 2.24) is 0 Å². The van der Waals surface area contributed by atoms with Crippen molar-refractivity contribution in [3.05, 3.63) is 95.2 Å². The van der Waals surface area contributed by atoms with E-state index in [4.69, 9.17) is 25.8 Å². The van der Waals surface area contributed by atoms with Crippen LogP contribution in [0.4, 0.5) is 0 Å². The average Bonchev–Trinajstić information content (AvgIpc) is 3.19. The third-order valence-electron chi connectivity index (χ3n) is 4.78. The quantitative estimate of drug-likeness (QED) is 0.128. The van der Waals surface area contributed by atoms with Crippen molar-refractivity contribution in [2.24, 2.45) is 4.99 Å². The zero-order chi connectivity index (χ0) is 24.2. The summed E-state index contributed by atoms with van der Waals surface area (Å²) in [6.45, 7) is -0.132. The average molecular weight is 700 g/mol. The first-order chi connectivity index (χ1) is 16.4. The Morgan fingerprint density at radius 2 is 1.88 bits per heavy atom. The summed E-state index contributed by atoms with van der Waals surface area (Å²) >= 11 is 10.5. The molecule has 172 valence electrons.